The van der Waals surface area contributed by atoms with Gasteiger partial charge in [-0.3, -0.25) is 9.48 Å². The number of ketones is 1. The molecule has 3 rings (SSSR count). The molecule has 1 aliphatic rings. The van der Waals surface area contributed by atoms with Crippen LogP contribution in [-0.2, 0) is 6.54 Å². The van der Waals surface area contributed by atoms with Gasteiger partial charge in [0, 0.05) is 25.1 Å². The van der Waals surface area contributed by atoms with Crippen molar-refractivity contribution in [2.75, 3.05) is 0 Å². The maximum Gasteiger partial charge on any atom is 0.216 e. The zero-order valence-corrected chi connectivity index (χ0v) is 11.4. The summed E-state index contributed by atoms with van der Waals surface area (Å²) in [4.78, 5) is 19.9. The van der Waals surface area contributed by atoms with E-state index in [1.165, 1.54) is 50.8 Å². The van der Waals surface area contributed by atoms with Crippen molar-refractivity contribution < 1.29 is 4.79 Å². The van der Waals surface area contributed by atoms with Gasteiger partial charge in [0.1, 0.15) is 12.0 Å². The highest BCUT2D eigenvalue weighted by Crippen LogP contribution is 2.24. The van der Waals surface area contributed by atoms with E-state index >= 15 is 0 Å². The third-order valence-electron chi connectivity index (χ3n) is 3.87. The molecule has 104 valence electrons. The molecule has 2 aromatic heterocycles. The van der Waals surface area contributed by atoms with Gasteiger partial charge in [-0.05, 0) is 24.8 Å². The van der Waals surface area contributed by atoms with Gasteiger partial charge in [-0.25, -0.2) is 9.97 Å². The van der Waals surface area contributed by atoms with Crippen LogP contribution in [0.5, 0.6) is 0 Å². The molecule has 5 nitrogen and oxygen atoms in total. The summed E-state index contributed by atoms with van der Waals surface area (Å²) < 4.78 is 1.90. The summed E-state index contributed by atoms with van der Waals surface area (Å²) >= 11 is 0. The van der Waals surface area contributed by atoms with Crippen molar-refractivity contribution in [2.24, 2.45) is 5.92 Å². The molecule has 0 bridgehead atoms. The summed E-state index contributed by atoms with van der Waals surface area (Å²) in [5.74, 6) is 0.583. The Morgan fingerprint density at radius 3 is 2.70 bits per heavy atom. The lowest BCUT2D eigenvalue weighted by molar-refractivity contribution is 0.103. The second-order valence-electron chi connectivity index (χ2n) is 5.38. The summed E-state index contributed by atoms with van der Waals surface area (Å²) in [7, 11) is 0. The quantitative estimate of drug-likeness (QED) is 0.801. The van der Waals surface area contributed by atoms with Crippen molar-refractivity contribution in [1.82, 2.24) is 19.7 Å². The molecule has 1 fully saturated rings. The minimum Gasteiger partial charge on any atom is -0.287 e. The largest absolute Gasteiger partial charge is 0.287 e. The molecule has 0 amide bonds. The predicted molar refractivity (Wildman–Crippen MR) is 74.3 cm³/mol. The fraction of sp³-hybridized carbons (Fsp3) is 0.467. The van der Waals surface area contributed by atoms with Crippen LogP contribution in [0.15, 0.2) is 31.0 Å². The fourth-order valence-corrected chi connectivity index (χ4v) is 2.78. The summed E-state index contributed by atoms with van der Waals surface area (Å²) in [6, 6.07) is 1.78. The van der Waals surface area contributed by atoms with Crippen LogP contribution in [0.3, 0.4) is 0 Å². The summed E-state index contributed by atoms with van der Waals surface area (Å²) in [6.07, 6.45) is 12.9. The van der Waals surface area contributed by atoms with Gasteiger partial charge in [0.05, 0.1) is 5.56 Å². The average Bonchev–Trinajstić information content (AvgIpc) is 2.97. The van der Waals surface area contributed by atoms with Crippen molar-refractivity contribution in [2.45, 2.75) is 38.6 Å². The summed E-state index contributed by atoms with van der Waals surface area (Å²) in [5.41, 5.74) is 0.950. The Balaban J connectivity index is 1.68. The normalized spacial score (nSPS) is 16.2. The van der Waals surface area contributed by atoms with Gasteiger partial charge in [0.25, 0.3) is 0 Å². The minimum absolute atomic E-state index is 0.118. The summed E-state index contributed by atoms with van der Waals surface area (Å²) in [6.45, 7) is 0.915. The monoisotopic (exact) mass is 270 g/mol. The topological polar surface area (TPSA) is 60.7 Å². The molecule has 2 heterocycles. The van der Waals surface area contributed by atoms with Gasteiger partial charge in [-0.1, -0.05) is 19.3 Å². The molecule has 0 radical (unpaired) electrons. The van der Waals surface area contributed by atoms with E-state index in [2.05, 4.69) is 15.1 Å². The maximum atomic E-state index is 12.2. The number of hydrogen-bond acceptors (Lipinski definition) is 4. The molecular weight excluding hydrogens is 252 g/mol. The first-order valence-electron chi connectivity index (χ1n) is 7.16. The van der Waals surface area contributed by atoms with E-state index in [1.807, 2.05) is 10.9 Å². The Bertz CT molecular complexity index is 573. The number of nitrogens with zero attached hydrogens (tertiary/aromatic N) is 4. The molecule has 20 heavy (non-hydrogen) atoms. The van der Waals surface area contributed by atoms with Gasteiger partial charge in [0.2, 0.25) is 5.78 Å². The van der Waals surface area contributed by atoms with Crippen LogP contribution in [0, 0.1) is 5.92 Å². The lowest BCUT2D eigenvalue weighted by Crippen LogP contribution is -2.15. The van der Waals surface area contributed by atoms with Gasteiger partial charge in [0.15, 0.2) is 0 Å². The van der Waals surface area contributed by atoms with Gasteiger partial charge in [-0.15, -0.1) is 0 Å². The van der Waals surface area contributed by atoms with E-state index in [4.69, 9.17) is 0 Å². The second kappa shape index (κ2) is 5.94. The van der Waals surface area contributed by atoms with E-state index in [1.54, 1.807) is 6.07 Å². The van der Waals surface area contributed by atoms with Crippen molar-refractivity contribution in [3.05, 3.63) is 42.2 Å². The van der Waals surface area contributed by atoms with Gasteiger partial charge < -0.3 is 0 Å². The van der Waals surface area contributed by atoms with Gasteiger partial charge in [-0.2, -0.15) is 5.10 Å². The molecular formula is C15H18N4O. The summed E-state index contributed by atoms with van der Waals surface area (Å²) in [5, 5.41) is 4.39. The molecule has 0 aliphatic heterocycles. The van der Waals surface area contributed by atoms with Crippen LogP contribution in [0.1, 0.15) is 48.2 Å². The smallest absolute Gasteiger partial charge is 0.216 e. The number of hydrogen-bond donors (Lipinski definition) is 0. The Morgan fingerprint density at radius 2 is 1.95 bits per heavy atom. The van der Waals surface area contributed by atoms with Gasteiger partial charge >= 0.3 is 0 Å². The van der Waals surface area contributed by atoms with Crippen LogP contribution in [0.4, 0.5) is 0 Å². The van der Waals surface area contributed by atoms with Crippen LogP contribution < -0.4 is 0 Å². The van der Waals surface area contributed by atoms with Crippen molar-refractivity contribution in [3.8, 4) is 0 Å². The average molecular weight is 270 g/mol. The Morgan fingerprint density at radius 1 is 1.20 bits per heavy atom. The molecule has 0 aromatic carbocycles. The lowest BCUT2D eigenvalue weighted by atomic mass is 9.89. The molecule has 1 saturated carbocycles. The first-order valence-corrected chi connectivity index (χ1v) is 7.16. The minimum atomic E-state index is -0.118. The van der Waals surface area contributed by atoms with Crippen molar-refractivity contribution >= 4 is 5.78 Å². The number of aromatic nitrogens is 4. The molecule has 2 aromatic rings. The first-order chi connectivity index (χ1) is 9.83. The Kier molecular flexibility index (Phi) is 3.85. The third kappa shape index (κ3) is 2.92. The van der Waals surface area contributed by atoms with Crippen LogP contribution in [0.25, 0.3) is 0 Å². The highest BCUT2D eigenvalue weighted by molar-refractivity contribution is 6.07. The zero-order valence-electron chi connectivity index (χ0n) is 11.4. The molecule has 5 heteroatoms. The Hall–Kier alpha value is -2.04. The predicted octanol–water partition coefficient (Wildman–Crippen LogP) is 2.48. The molecule has 0 atom stereocenters. The van der Waals surface area contributed by atoms with E-state index in [-0.39, 0.29) is 5.78 Å². The standard InChI is InChI=1S/C15H18N4O/c20-15(13-8-16-11-17-9-13)14-6-7-19(18-14)10-12-4-2-1-3-5-12/h6-9,11-12H,1-5,10H2. The molecule has 0 N–H and O–H groups in total. The molecule has 0 spiro atoms. The SMILES string of the molecule is O=C(c1cncnc1)c1ccn(CC2CCCCC2)n1. The van der Waals surface area contributed by atoms with E-state index in [0.717, 1.165) is 6.54 Å². The zero-order chi connectivity index (χ0) is 13.8. The third-order valence-corrected chi connectivity index (χ3v) is 3.87. The molecule has 0 unspecified atom stereocenters. The van der Waals surface area contributed by atoms with Crippen molar-refractivity contribution in [3.63, 3.8) is 0 Å². The first kappa shape index (κ1) is 13.0. The van der Waals surface area contributed by atoms with Crippen LogP contribution in [0.2, 0.25) is 0 Å². The number of carbonyl (C=O) groups is 1. The highest BCUT2D eigenvalue weighted by atomic mass is 16.1. The fourth-order valence-electron chi connectivity index (χ4n) is 2.78. The van der Waals surface area contributed by atoms with Crippen molar-refractivity contribution in [1.29, 1.82) is 0 Å². The number of carbonyl (C=O) groups excluding carboxylic acids is 1. The van der Waals surface area contributed by atoms with Crippen LogP contribution in [-0.4, -0.2) is 25.5 Å². The highest BCUT2D eigenvalue weighted by Gasteiger charge is 2.16. The lowest BCUT2D eigenvalue weighted by Gasteiger charge is -2.21. The molecule has 1 aliphatic carbocycles. The number of rotatable bonds is 4. The van der Waals surface area contributed by atoms with E-state index in [9.17, 15) is 4.79 Å². The Labute approximate surface area is 118 Å². The molecule has 0 saturated heterocycles. The van der Waals surface area contributed by atoms with E-state index < -0.39 is 0 Å². The second-order valence-corrected chi connectivity index (χ2v) is 5.38. The maximum absolute atomic E-state index is 12.2. The van der Waals surface area contributed by atoms with Crippen LogP contribution >= 0.6 is 0 Å². The van der Waals surface area contributed by atoms with E-state index in [0.29, 0.717) is 17.2 Å².